The van der Waals surface area contributed by atoms with Crippen LogP contribution in [-0.2, 0) is 21.8 Å². The average molecular weight is 485 g/mol. The number of carbonyl (C=O) groups excluding carboxylic acids is 1. The summed E-state index contributed by atoms with van der Waals surface area (Å²) in [6, 6.07) is 8.22. The second-order valence-electron chi connectivity index (χ2n) is 4.75. The number of rotatable bonds is 4. The van der Waals surface area contributed by atoms with Crippen molar-refractivity contribution < 1.29 is 31.1 Å². The van der Waals surface area contributed by atoms with E-state index in [9.17, 15) is 26.4 Å². The summed E-state index contributed by atoms with van der Waals surface area (Å²) in [6.45, 7) is 0. The molecule has 0 aliphatic rings. The zero-order valence-corrected chi connectivity index (χ0v) is 15.6. The number of esters is 1. The Balaban J connectivity index is 2.73. The van der Waals surface area contributed by atoms with Gasteiger partial charge in [0.05, 0.1) is 29.6 Å². The van der Waals surface area contributed by atoms with Gasteiger partial charge >= 0.3 is 12.1 Å². The number of hydrogen-bond acceptors (Lipinski definition) is 4. The molecule has 0 unspecified atom stereocenters. The Labute approximate surface area is 156 Å². The Kier molecular flexibility index (Phi) is 5.93. The van der Waals surface area contributed by atoms with Crippen LogP contribution in [0.3, 0.4) is 0 Å². The molecular formula is C15H11F3INO4S. The topological polar surface area (TPSA) is 63.7 Å². The molecule has 0 aliphatic heterocycles. The van der Waals surface area contributed by atoms with Gasteiger partial charge in [0.2, 0.25) is 10.9 Å². The van der Waals surface area contributed by atoms with Gasteiger partial charge in [-0.3, -0.25) is 0 Å². The molecule has 0 atom stereocenters. The van der Waals surface area contributed by atoms with Gasteiger partial charge in [0.25, 0.3) is 0 Å². The Morgan fingerprint density at radius 1 is 1.12 bits per heavy atom. The van der Waals surface area contributed by atoms with Crippen molar-refractivity contribution in [3.05, 3.63) is 57.2 Å². The van der Waals surface area contributed by atoms with Crippen molar-refractivity contribution >= 4 is 50.8 Å². The van der Waals surface area contributed by atoms with E-state index in [-0.39, 0.29) is 11.3 Å². The van der Waals surface area contributed by atoms with E-state index in [0.29, 0.717) is 16.4 Å². The maximum absolute atomic E-state index is 13.0. The van der Waals surface area contributed by atoms with Gasteiger partial charge in [-0.2, -0.15) is 13.2 Å². The van der Waals surface area contributed by atoms with Gasteiger partial charge in [0.1, 0.15) is 0 Å². The van der Waals surface area contributed by atoms with Gasteiger partial charge in [0.15, 0.2) is 0 Å². The van der Waals surface area contributed by atoms with Gasteiger partial charge in [-0.15, -0.1) is 0 Å². The predicted molar refractivity (Wildman–Crippen MR) is 94.4 cm³/mol. The molecule has 2 aromatic rings. The lowest BCUT2D eigenvalue weighted by Crippen LogP contribution is -2.19. The van der Waals surface area contributed by atoms with Crippen molar-refractivity contribution in [2.45, 2.75) is 6.18 Å². The van der Waals surface area contributed by atoms with Gasteiger partial charge in [-0.1, -0.05) is 0 Å². The smallest absolute Gasteiger partial charge is 0.416 e. The molecule has 0 spiro atoms. The number of thiol groups is 1. The van der Waals surface area contributed by atoms with Crippen LogP contribution < -0.4 is 4.31 Å². The fraction of sp³-hybridized carbons (Fsp3) is 0.133. The van der Waals surface area contributed by atoms with Crippen LogP contribution in [0.4, 0.5) is 24.5 Å². The lowest BCUT2D eigenvalue weighted by Gasteiger charge is -2.21. The molecule has 0 heterocycles. The third kappa shape index (κ3) is 4.42. The standard InChI is InChI=1S/C15H11F3INO4S/c1-24-14(21)12-7-2-9(15(16,17)18)8-13(12)20(25(22)23)11-5-3-10(19)4-6-11/h2-8,25H,1H3. The molecule has 0 N–H and O–H groups in total. The summed E-state index contributed by atoms with van der Waals surface area (Å²) in [4.78, 5) is 11.9. The first-order chi connectivity index (χ1) is 11.6. The van der Waals surface area contributed by atoms with Gasteiger partial charge < -0.3 is 4.74 Å². The summed E-state index contributed by atoms with van der Waals surface area (Å²) in [7, 11) is -2.31. The number of methoxy groups -OCH3 is 1. The molecule has 134 valence electrons. The minimum absolute atomic E-state index is 0.0982. The second-order valence-corrected chi connectivity index (χ2v) is 6.87. The third-order valence-corrected chi connectivity index (χ3v) is 4.69. The number of benzene rings is 2. The number of anilines is 2. The molecular weight excluding hydrogens is 474 g/mol. The first-order valence-electron chi connectivity index (χ1n) is 6.64. The van der Waals surface area contributed by atoms with E-state index < -0.39 is 34.3 Å². The molecule has 2 aromatic carbocycles. The van der Waals surface area contributed by atoms with Crippen LogP contribution in [0.1, 0.15) is 15.9 Å². The number of hydrogen-bond donors (Lipinski definition) is 1. The van der Waals surface area contributed by atoms with Crippen molar-refractivity contribution in [2.24, 2.45) is 0 Å². The molecule has 0 amide bonds. The summed E-state index contributed by atoms with van der Waals surface area (Å²) < 4.78 is 68.5. The highest BCUT2D eigenvalue weighted by atomic mass is 127. The van der Waals surface area contributed by atoms with Crippen LogP contribution in [-0.4, -0.2) is 21.5 Å². The minimum atomic E-state index is -4.70. The molecule has 0 saturated carbocycles. The fourth-order valence-electron chi connectivity index (χ4n) is 2.07. The van der Waals surface area contributed by atoms with Crippen molar-refractivity contribution in [1.29, 1.82) is 0 Å². The zero-order chi connectivity index (χ0) is 18.8. The number of nitrogens with zero attached hydrogens (tertiary/aromatic N) is 1. The lowest BCUT2D eigenvalue weighted by molar-refractivity contribution is -0.137. The van der Waals surface area contributed by atoms with Crippen molar-refractivity contribution in [3.8, 4) is 0 Å². The van der Waals surface area contributed by atoms with E-state index in [1.54, 1.807) is 12.1 Å². The Morgan fingerprint density at radius 2 is 1.72 bits per heavy atom. The summed E-state index contributed by atoms with van der Waals surface area (Å²) in [5.41, 5.74) is -1.71. The van der Waals surface area contributed by atoms with Gasteiger partial charge in [-0.05, 0) is 65.1 Å². The molecule has 10 heteroatoms. The fourth-order valence-corrected chi connectivity index (χ4v) is 3.09. The number of ether oxygens (including phenoxy) is 1. The summed E-state index contributed by atoms with van der Waals surface area (Å²) in [5.74, 6) is -0.948. The largest absolute Gasteiger partial charge is 0.465 e. The Morgan fingerprint density at radius 3 is 2.20 bits per heavy atom. The van der Waals surface area contributed by atoms with E-state index in [2.05, 4.69) is 4.74 Å². The Bertz CT molecular complexity index is 858. The van der Waals surface area contributed by atoms with Gasteiger partial charge in [0, 0.05) is 3.57 Å². The molecule has 0 saturated heterocycles. The molecule has 0 aliphatic carbocycles. The minimum Gasteiger partial charge on any atom is -0.465 e. The van der Waals surface area contributed by atoms with Gasteiger partial charge in [-0.25, -0.2) is 17.5 Å². The van der Waals surface area contributed by atoms with Crippen LogP contribution in [0.15, 0.2) is 42.5 Å². The first kappa shape index (κ1) is 19.5. The molecule has 2 rings (SSSR count). The van der Waals surface area contributed by atoms with Crippen LogP contribution in [0, 0.1) is 3.57 Å². The Hall–Kier alpha value is -1.82. The SMILES string of the molecule is COC(=O)c1ccc(C(F)(F)F)cc1N(c1ccc(I)cc1)[SH](=O)=O. The number of carbonyl (C=O) groups is 1. The van der Waals surface area contributed by atoms with Crippen molar-refractivity contribution in [1.82, 2.24) is 0 Å². The number of halogens is 4. The predicted octanol–water partition coefficient (Wildman–Crippen LogP) is 3.76. The summed E-state index contributed by atoms with van der Waals surface area (Å²) in [6.07, 6.45) is -4.70. The lowest BCUT2D eigenvalue weighted by atomic mass is 10.1. The zero-order valence-electron chi connectivity index (χ0n) is 12.6. The van der Waals surface area contributed by atoms with E-state index in [1.165, 1.54) is 12.1 Å². The van der Waals surface area contributed by atoms with Crippen LogP contribution in [0.2, 0.25) is 0 Å². The normalized spacial score (nSPS) is 11.4. The quantitative estimate of drug-likeness (QED) is 0.407. The van der Waals surface area contributed by atoms with Crippen LogP contribution in [0.5, 0.6) is 0 Å². The molecule has 25 heavy (non-hydrogen) atoms. The summed E-state index contributed by atoms with van der Waals surface area (Å²) >= 11 is 2.00. The molecule has 0 bridgehead atoms. The first-order valence-corrected chi connectivity index (χ1v) is 8.85. The maximum Gasteiger partial charge on any atom is 0.416 e. The highest BCUT2D eigenvalue weighted by Crippen LogP contribution is 2.36. The molecule has 0 radical (unpaired) electrons. The van der Waals surface area contributed by atoms with E-state index in [0.717, 1.165) is 16.7 Å². The molecule has 5 nitrogen and oxygen atoms in total. The third-order valence-electron chi connectivity index (χ3n) is 3.19. The van der Waals surface area contributed by atoms with E-state index in [1.807, 2.05) is 22.6 Å². The highest BCUT2D eigenvalue weighted by Gasteiger charge is 2.33. The molecule has 0 fully saturated rings. The van der Waals surface area contributed by atoms with Crippen molar-refractivity contribution in [3.63, 3.8) is 0 Å². The highest BCUT2D eigenvalue weighted by molar-refractivity contribution is 14.1. The van der Waals surface area contributed by atoms with Crippen molar-refractivity contribution in [2.75, 3.05) is 11.4 Å². The summed E-state index contributed by atoms with van der Waals surface area (Å²) in [5, 5.41) is 0. The maximum atomic E-state index is 13.0. The monoisotopic (exact) mass is 485 g/mol. The van der Waals surface area contributed by atoms with E-state index >= 15 is 0 Å². The number of alkyl halides is 3. The second kappa shape index (κ2) is 7.60. The van der Waals surface area contributed by atoms with Crippen LogP contribution >= 0.6 is 22.6 Å². The molecule has 0 aromatic heterocycles. The average Bonchev–Trinajstić information content (AvgIpc) is 2.55. The van der Waals surface area contributed by atoms with E-state index in [4.69, 9.17) is 0 Å². The van der Waals surface area contributed by atoms with Crippen LogP contribution in [0.25, 0.3) is 0 Å².